The maximum absolute atomic E-state index is 12.6. The van der Waals surface area contributed by atoms with E-state index < -0.39 is 45.0 Å². The highest BCUT2D eigenvalue weighted by Gasteiger charge is 2.28. The highest BCUT2D eigenvalue weighted by molar-refractivity contribution is 7.89. The standard InChI is InChI=1S/C28H36N4O10S/c1-28(2,3)42-27(36)31-15-12-19(13-16-31)14-17-41-22-8-4-20(5-9-22)25(33)29-18-24(26(34)35)30-43(39,40)23-10-6-21(7-11-23)32(37)38/h4-11,19,24,30H,12-18H2,1-3H3,(H,29,33)(H,34,35)/t24-/m0/s1. The number of hydrogen-bond acceptors (Lipinski definition) is 9. The van der Waals surface area contributed by atoms with Crippen LogP contribution in [0.1, 0.15) is 50.4 Å². The Morgan fingerprint density at radius 2 is 1.67 bits per heavy atom. The Kier molecular flexibility index (Phi) is 11.1. The van der Waals surface area contributed by atoms with Crippen LogP contribution in [0.25, 0.3) is 0 Å². The zero-order chi connectivity index (χ0) is 31.8. The first-order valence-electron chi connectivity index (χ1n) is 13.6. The Balaban J connectivity index is 1.44. The van der Waals surface area contributed by atoms with Crippen LogP contribution in [0.15, 0.2) is 53.4 Å². The summed E-state index contributed by atoms with van der Waals surface area (Å²) in [6, 6.07) is 8.45. The number of carbonyl (C=O) groups excluding carboxylic acids is 2. The zero-order valence-electron chi connectivity index (χ0n) is 24.1. The molecule has 3 rings (SSSR count). The summed E-state index contributed by atoms with van der Waals surface area (Å²) < 4.78 is 38.3. The van der Waals surface area contributed by atoms with Gasteiger partial charge in [0, 0.05) is 37.3 Å². The van der Waals surface area contributed by atoms with Gasteiger partial charge in [0.15, 0.2) is 0 Å². The van der Waals surface area contributed by atoms with Crippen LogP contribution in [0.5, 0.6) is 5.75 Å². The number of aliphatic carboxylic acids is 1. The molecule has 43 heavy (non-hydrogen) atoms. The Morgan fingerprint density at radius 1 is 1.07 bits per heavy atom. The molecule has 0 saturated carbocycles. The second-order valence-electron chi connectivity index (χ2n) is 11.0. The summed E-state index contributed by atoms with van der Waals surface area (Å²) >= 11 is 0. The first-order valence-corrected chi connectivity index (χ1v) is 15.1. The average molecular weight is 621 g/mol. The third-order valence-electron chi connectivity index (χ3n) is 6.60. The van der Waals surface area contributed by atoms with Crippen molar-refractivity contribution in [3.63, 3.8) is 0 Å². The van der Waals surface area contributed by atoms with Gasteiger partial charge in [-0.25, -0.2) is 13.2 Å². The van der Waals surface area contributed by atoms with Gasteiger partial charge < -0.3 is 24.8 Å². The summed E-state index contributed by atoms with van der Waals surface area (Å²) in [6.45, 7) is 6.68. The van der Waals surface area contributed by atoms with Crippen molar-refractivity contribution < 1.29 is 42.3 Å². The smallest absolute Gasteiger partial charge is 0.410 e. The van der Waals surface area contributed by atoms with Gasteiger partial charge in [0.25, 0.3) is 11.6 Å². The molecule has 234 valence electrons. The van der Waals surface area contributed by atoms with Crippen LogP contribution >= 0.6 is 0 Å². The van der Waals surface area contributed by atoms with E-state index in [4.69, 9.17) is 9.47 Å². The molecule has 0 unspecified atom stereocenters. The molecule has 2 amide bonds. The summed E-state index contributed by atoms with van der Waals surface area (Å²) in [5, 5.41) is 22.6. The normalized spacial score (nSPS) is 14.9. The summed E-state index contributed by atoms with van der Waals surface area (Å²) in [6.07, 6.45) is 2.21. The molecule has 1 heterocycles. The lowest BCUT2D eigenvalue weighted by Gasteiger charge is -2.33. The molecule has 14 nitrogen and oxygen atoms in total. The molecule has 1 saturated heterocycles. The number of carboxylic acids is 1. The molecule has 15 heteroatoms. The molecule has 1 aliphatic heterocycles. The van der Waals surface area contributed by atoms with E-state index in [1.165, 1.54) is 12.1 Å². The largest absolute Gasteiger partial charge is 0.494 e. The lowest BCUT2D eigenvalue weighted by Crippen LogP contribution is -2.48. The van der Waals surface area contributed by atoms with E-state index in [1.54, 1.807) is 17.0 Å². The topological polar surface area (TPSA) is 194 Å². The van der Waals surface area contributed by atoms with Crippen LogP contribution in [-0.2, 0) is 19.6 Å². The van der Waals surface area contributed by atoms with Gasteiger partial charge in [-0.1, -0.05) is 0 Å². The van der Waals surface area contributed by atoms with E-state index in [-0.39, 0.29) is 22.2 Å². The van der Waals surface area contributed by atoms with Gasteiger partial charge in [0.05, 0.1) is 16.4 Å². The number of ether oxygens (including phenoxy) is 2. The van der Waals surface area contributed by atoms with Gasteiger partial charge in [-0.05, 0) is 82.3 Å². The third kappa shape index (κ3) is 10.2. The molecule has 0 bridgehead atoms. The maximum atomic E-state index is 12.6. The molecule has 3 N–H and O–H groups in total. The second kappa shape index (κ2) is 14.3. The van der Waals surface area contributed by atoms with Crippen LogP contribution in [0.4, 0.5) is 10.5 Å². The molecule has 2 aromatic rings. The molecule has 0 radical (unpaired) electrons. The number of nitrogens with one attached hydrogen (secondary N) is 2. The van der Waals surface area contributed by atoms with Gasteiger partial charge in [0.1, 0.15) is 17.4 Å². The number of amides is 2. The molecular formula is C28H36N4O10S. The first-order chi connectivity index (χ1) is 20.1. The summed E-state index contributed by atoms with van der Waals surface area (Å²) in [5.74, 6) is -1.19. The van der Waals surface area contributed by atoms with Crippen LogP contribution in [0.2, 0.25) is 0 Å². The summed E-state index contributed by atoms with van der Waals surface area (Å²) in [5.41, 5.74) is -0.642. The van der Waals surface area contributed by atoms with Crippen LogP contribution < -0.4 is 14.8 Å². The van der Waals surface area contributed by atoms with Crippen LogP contribution in [0.3, 0.4) is 0 Å². The number of nitro benzene ring substituents is 1. The summed E-state index contributed by atoms with van der Waals surface area (Å²) in [7, 11) is -4.34. The minimum atomic E-state index is -4.34. The monoisotopic (exact) mass is 620 g/mol. The lowest BCUT2D eigenvalue weighted by atomic mass is 9.94. The molecule has 1 fully saturated rings. The maximum Gasteiger partial charge on any atom is 0.410 e. The van der Waals surface area contributed by atoms with Gasteiger partial charge in [0.2, 0.25) is 10.0 Å². The molecule has 0 spiro atoms. The van der Waals surface area contributed by atoms with Crippen molar-refractivity contribution in [3.8, 4) is 5.75 Å². The van der Waals surface area contributed by atoms with Crippen molar-refractivity contribution in [2.45, 2.75) is 56.6 Å². The minimum absolute atomic E-state index is 0.212. The van der Waals surface area contributed by atoms with Crippen molar-refractivity contribution in [3.05, 3.63) is 64.2 Å². The minimum Gasteiger partial charge on any atom is -0.494 e. The van der Waals surface area contributed by atoms with Crippen LogP contribution in [-0.4, -0.2) is 79.2 Å². The number of hydrogen-bond donors (Lipinski definition) is 3. The second-order valence-corrected chi connectivity index (χ2v) is 12.8. The van der Waals surface area contributed by atoms with Gasteiger partial charge >= 0.3 is 12.1 Å². The van der Waals surface area contributed by atoms with E-state index in [1.807, 2.05) is 25.5 Å². The number of piperidine rings is 1. The fraction of sp³-hybridized carbons (Fsp3) is 0.464. The fourth-order valence-electron chi connectivity index (χ4n) is 4.26. The van der Waals surface area contributed by atoms with E-state index in [0.29, 0.717) is 31.4 Å². The Morgan fingerprint density at radius 3 is 2.21 bits per heavy atom. The highest BCUT2D eigenvalue weighted by atomic mass is 32.2. The van der Waals surface area contributed by atoms with E-state index in [2.05, 4.69) is 5.32 Å². The first kappa shape index (κ1) is 33.3. The van der Waals surface area contributed by atoms with Gasteiger partial charge in [-0.3, -0.25) is 19.7 Å². The number of sulfonamides is 1. The average Bonchev–Trinajstić information content (AvgIpc) is 2.94. The number of benzene rings is 2. The number of rotatable bonds is 12. The van der Waals surface area contributed by atoms with Crippen LogP contribution in [0, 0.1) is 16.0 Å². The summed E-state index contributed by atoms with van der Waals surface area (Å²) in [4.78, 5) is 47.9. The van der Waals surface area contributed by atoms with Crippen molar-refractivity contribution in [2.75, 3.05) is 26.2 Å². The third-order valence-corrected chi connectivity index (χ3v) is 8.09. The molecule has 0 aliphatic carbocycles. The zero-order valence-corrected chi connectivity index (χ0v) is 25.0. The van der Waals surface area contributed by atoms with Gasteiger partial charge in [-0.15, -0.1) is 0 Å². The Hall–Kier alpha value is -4.24. The molecule has 1 aliphatic rings. The lowest BCUT2D eigenvalue weighted by molar-refractivity contribution is -0.384. The SMILES string of the molecule is CC(C)(C)OC(=O)N1CCC(CCOc2ccc(C(=O)NC[C@H](NS(=O)(=O)c3ccc([N+](=O)[O-])cc3)C(=O)O)cc2)CC1. The number of carboxylic acid groups (broad SMARTS) is 1. The molecule has 2 aromatic carbocycles. The van der Waals surface area contributed by atoms with E-state index in [0.717, 1.165) is 43.5 Å². The number of nitro groups is 1. The van der Waals surface area contributed by atoms with E-state index in [9.17, 15) is 38.0 Å². The van der Waals surface area contributed by atoms with Crippen molar-refractivity contribution in [1.82, 2.24) is 14.9 Å². The number of carbonyl (C=O) groups is 3. The molecular weight excluding hydrogens is 584 g/mol. The number of non-ortho nitro benzene ring substituents is 1. The predicted octanol–water partition coefficient (Wildman–Crippen LogP) is 3.17. The molecule has 0 aromatic heterocycles. The van der Waals surface area contributed by atoms with Gasteiger partial charge in [-0.2, -0.15) is 4.72 Å². The Labute approximate surface area is 249 Å². The van der Waals surface area contributed by atoms with E-state index >= 15 is 0 Å². The quantitative estimate of drug-likeness (QED) is 0.234. The highest BCUT2D eigenvalue weighted by Crippen LogP contribution is 2.23. The van der Waals surface area contributed by atoms with Crippen molar-refractivity contribution in [2.24, 2.45) is 5.92 Å². The van der Waals surface area contributed by atoms with Crippen molar-refractivity contribution >= 4 is 33.7 Å². The predicted molar refractivity (Wildman–Crippen MR) is 154 cm³/mol. The number of nitrogens with zero attached hydrogens (tertiary/aromatic N) is 2. The van der Waals surface area contributed by atoms with Crippen molar-refractivity contribution in [1.29, 1.82) is 0 Å². The Bertz CT molecular complexity index is 1400. The number of likely N-dealkylation sites (tertiary alicyclic amines) is 1. The molecule has 1 atom stereocenters. The fourth-order valence-corrected chi connectivity index (χ4v) is 5.44.